The van der Waals surface area contributed by atoms with E-state index in [2.05, 4.69) is 10.3 Å². The monoisotopic (exact) mass is 372 g/mol. The van der Waals surface area contributed by atoms with Crippen molar-refractivity contribution in [2.75, 3.05) is 5.32 Å². The topological polar surface area (TPSA) is 81.4 Å². The van der Waals surface area contributed by atoms with Crippen LogP contribution in [0.15, 0.2) is 47.2 Å². The number of carbonyl (C=O) groups excluding carboxylic acids is 2. The molecule has 6 nitrogen and oxygen atoms in total. The number of nitrogens with one attached hydrogen (secondary N) is 1. The molecule has 1 aromatic carbocycles. The van der Waals surface area contributed by atoms with Crippen molar-refractivity contribution in [1.29, 1.82) is 0 Å². The molecule has 0 aliphatic rings. The summed E-state index contributed by atoms with van der Waals surface area (Å²) in [5, 5.41) is 3.88. The Bertz CT molecular complexity index is 950. The van der Waals surface area contributed by atoms with E-state index in [0.29, 0.717) is 16.4 Å². The highest BCUT2D eigenvalue weighted by molar-refractivity contribution is 6.30. The van der Waals surface area contributed by atoms with E-state index in [1.165, 1.54) is 19.4 Å². The lowest BCUT2D eigenvalue weighted by molar-refractivity contribution is -0.152. The molecule has 0 aliphatic carbocycles. The number of benzene rings is 1. The smallest absolute Gasteiger partial charge is 0.311 e. The highest BCUT2D eigenvalue weighted by Gasteiger charge is 2.20. The molecule has 2 aromatic heterocycles. The van der Waals surface area contributed by atoms with E-state index in [-0.39, 0.29) is 6.42 Å². The predicted octanol–water partition coefficient (Wildman–Crippen LogP) is 3.90. The number of fused-ring (bicyclic) bond motifs is 1. The lowest BCUT2D eigenvalue weighted by Crippen LogP contribution is -2.30. The third kappa shape index (κ3) is 4.21. The molecule has 26 heavy (non-hydrogen) atoms. The van der Waals surface area contributed by atoms with Gasteiger partial charge < -0.3 is 14.5 Å². The van der Waals surface area contributed by atoms with E-state index in [0.717, 1.165) is 16.5 Å². The van der Waals surface area contributed by atoms with Gasteiger partial charge in [-0.15, -0.1) is 0 Å². The van der Waals surface area contributed by atoms with Crippen LogP contribution >= 0.6 is 11.6 Å². The number of carbonyl (C=O) groups is 2. The number of amides is 1. The second-order valence-electron chi connectivity index (χ2n) is 5.92. The lowest BCUT2D eigenvalue weighted by atomic mass is 10.1. The maximum atomic E-state index is 12.2. The molecule has 0 saturated carbocycles. The Morgan fingerprint density at radius 1 is 1.31 bits per heavy atom. The van der Waals surface area contributed by atoms with Gasteiger partial charge in [-0.3, -0.25) is 9.59 Å². The average Bonchev–Trinajstić information content (AvgIpc) is 2.98. The standard InChI is InChI=1S/C19H17ClN2O4/c1-11-3-5-15-13(10-25-16(15)7-11)8-18(23)26-12(2)19(24)22-17-6-4-14(20)9-21-17/h3-7,9-10,12H,8H2,1-2H3,(H,21,22,24)/t12-/m0/s1. The summed E-state index contributed by atoms with van der Waals surface area (Å²) in [5.41, 5.74) is 2.51. The second kappa shape index (κ2) is 7.58. The molecule has 1 N–H and O–H groups in total. The molecule has 0 spiro atoms. The minimum Gasteiger partial charge on any atom is -0.464 e. The fourth-order valence-corrected chi connectivity index (χ4v) is 2.56. The van der Waals surface area contributed by atoms with Crippen LogP contribution in [-0.4, -0.2) is 23.0 Å². The molecule has 0 radical (unpaired) electrons. The van der Waals surface area contributed by atoms with Gasteiger partial charge >= 0.3 is 5.97 Å². The Balaban J connectivity index is 1.59. The number of esters is 1. The zero-order chi connectivity index (χ0) is 18.7. The van der Waals surface area contributed by atoms with Crippen LogP contribution in [0.4, 0.5) is 5.82 Å². The average molecular weight is 373 g/mol. The summed E-state index contributed by atoms with van der Waals surface area (Å²) >= 11 is 5.75. The van der Waals surface area contributed by atoms with Gasteiger partial charge in [0.25, 0.3) is 5.91 Å². The first-order valence-electron chi connectivity index (χ1n) is 8.01. The molecule has 0 unspecified atom stereocenters. The SMILES string of the molecule is Cc1ccc2c(CC(=O)O[C@@H](C)C(=O)Nc3ccc(Cl)cn3)coc2c1. The van der Waals surface area contributed by atoms with E-state index >= 15 is 0 Å². The Hall–Kier alpha value is -2.86. The van der Waals surface area contributed by atoms with E-state index in [1.54, 1.807) is 12.1 Å². The number of hydrogen-bond donors (Lipinski definition) is 1. The molecular weight excluding hydrogens is 356 g/mol. The maximum absolute atomic E-state index is 12.2. The van der Waals surface area contributed by atoms with Crippen molar-refractivity contribution in [1.82, 2.24) is 4.98 Å². The minimum absolute atomic E-state index is 0.0207. The number of hydrogen-bond acceptors (Lipinski definition) is 5. The lowest BCUT2D eigenvalue weighted by Gasteiger charge is -2.13. The number of pyridine rings is 1. The molecule has 0 bridgehead atoms. The van der Waals surface area contributed by atoms with Crippen LogP contribution in [0.5, 0.6) is 0 Å². The van der Waals surface area contributed by atoms with Crippen LogP contribution in [0.3, 0.4) is 0 Å². The van der Waals surface area contributed by atoms with Gasteiger partial charge in [0, 0.05) is 17.1 Å². The largest absolute Gasteiger partial charge is 0.464 e. The van der Waals surface area contributed by atoms with Crippen molar-refractivity contribution in [3.8, 4) is 0 Å². The van der Waals surface area contributed by atoms with Crippen molar-refractivity contribution < 1.29 is 18.7 Å². The summed E-state index contributed by atoms with van der Waals surface area (Å²) in [6.07, 6.45) is 2.01. The number of furan rings is 1. The number of aryl methyl sites for hydroxylation is 1. The summed E-state index contributed by atoms with van der Waals surface area (Å²) < 4.78 is 10.7. The zero-order valence-electron chi connectivity index (χ0n) is 14.3. The highest BCUT2D eigenvalue weighted by atomic mass is 35.5. The molecule has 7 heteroatoms. The van der Waals surface area contributed by atoms with Gasteiger partial charge in [-0.1, -0.05) is 23.7 Å². The molecule has 1 amide bonds. The van der Waals surface area contributed by atoms with Crippen LogP contribution in [0.25, 0.3) is 11.0 Å². The van der Waals surface area contributed by atoms with Crippen molar-refractivity contribution in [3.05, 3.63) is 58.9 Å². The first-order valence-corrected chi connectivity index (χ1v) is 8.39. The normalized spacial score (nSPS) is 12.0. The molecular formula is C19H17ClN2O4. The van der Waals surface area contributed by atoms with Crippen molar-refractivity contribution in [2.24, 2.45) is 0 Å². The van der Waals surface area contributed by atoms with Gasteiger partial charge in [0.05, 0.1) is 17.7 Å². The third-order valence-electron chi connectivity index (χ3n) is 3.80. The number of nitrogens with zero attached hydrogens (tertiary/aromatic N) is 1. The van der Waals surface area contributed by atoms with E-state index < -0.39 is 18.0 Å². The Morgan fingerprint density at radius 3 is 2.85 bits per heavy atom. The quantitative estimate of drug-likeness (QED) is 0.687. The number of ether oxygens (including phenoxy) is 1. The van der Waals surface area contributed by atoms with Crippen LogP contribution in [0.1, 0.15) is 18.1 Å². The van der Waals surface area contributed by atoms with Crippen molar-refractivity contribution >= 4 is 40.3 Å². The van der Waals surface area contributed by atoms with Crippen LogP contribution in [0, 0.1) is 6.92 Å². The Labute approximate surface area is 155 Å². The molecule has 2 heterocycles. The zero-order valence-corrected chi connectivity index (χ0v) is 15.0. The molecule has 134 valence electrons. The Kier molecular flexibility index (Phi) is 5.23. The summed E-state index contributed by atoms with van der Waals surface area (Å²) in [6, 6.07) is 8.92. The van der Waals surface area contributed by atoms with Gasteiger partial charge in [0.1, 0.15) is 11.4 Å². The molecule has 0 saturated heterocycles. The number of rotatable bonds is 5. The van der Waals surface area contributed by atoms with Gasteiger partial charge in [-0.05, 0) is 37.6 Å². The van der Waals surface area contributed by atoms with Crippen LogP contribution in [0.2, 0.25) is 5.02 Å². The first-order chi connectivity index (χ1) is 12.4. The van der Waals surface area contributed by atoms with E-state index in [9.17, 15) is 9.59 Å². The molecule has 0 fully saturated rings. The highest BCUT2D eigenvalue weighted by Crippen LogP contribution is 2.23. The van der Waals surface area contributed by atoms with Crippen LogP contribution < -0.4 is 5.32 Å². The minimum atomic E-state index is -0.958. The van der Waals surface area contributed by atoms with Crippen molar-refractivity contribution in [3.63, 3.8) is 0 Å². The van der Waals surface area contributed by atoms with Gasteiger partial charge in [-0.25, -0.2) is 4.98 Å². The number of aromatic nitrogens is 1. The molecule has 1 atom stereocenters. The molecule has 3 aromatic rings. The Morgan fingerprint density at radius 2 is 2.12 bits per heavy atom. The first kappa shape index (κ1) is 17.9. The third-order valence-corrected chi connectivity index (χ3v) is 4.03. The van der Waals surface area contributed by atoms with Gasteiger partial charge in [0.15, 0.2) is 6.10 Å². The summed E-state index contributed by atoms with van der Waals surface area (Å²) in [5.74, 6) is -0.653. The predicted molar refractivity (Wildman–Crippen MR) is 98.1 cm³/mol. The van der Waals surface area contributed by atoms with Gasteiger partial charge in [-0.2, -0.15) is 0 Å². The maximum Gasteiger partial charge on any atom is 0.311 e. The van der Waals surface area contributed by atoms with Crippen molar-refractivity contribution in [2.45, 2.75) is 26.4 Å². The summed E-state index contributed by atoms with van der Waals surface area (Å²) in [7, 11) is 0. The molecule has 0 aliphatic heterocycles. The van der Waals surface area contributed by atoms with Gasteiger partial charge in [0.2, 0.25) is 0 Å². The molecule has 3 rings (SSSR count). The summed E-state index contributed by atoms with van der Waals surface area (Å²) in [4.78, 5) is 28.2. The number of halogens is 1. The van der Waals surface area contributed by atoms with E-state index in [4.69, 9.17) is 20.8 Å². The summed E-state index contributed by atoms with van der Waals surface area (Å²) in [6.45, 7) is 3.46. The van der Waals surface area contributed by atoms with E-state index in [1.807, 2.05) is 25.1 Å². The fourth-order valence-electron chi connectivity index (χ4n) is 2.45. The van der Waals surface area contributed by atoms with Crippen LogP contribution in [-0.2, 0) is 20.7 Å². The fraction of sp³-hybridized carbons (Fsp3) is 0.211. The number of anilines is 1. The second-order valence-corrected chi connectivity index (χ2v) is 6.36.